The van der Waals surface area contributed by atoms with Crippen molar-refractivity contribution in [3.05, 3.63) is 34.0 Å². The highest BCUT2D eigenvalue weighted by atomic mass is 16.6. The zero-order chi connectivity index (χ0) is 15.7. The summed E-state index contributed by atoms with van der Waals surface area (Å²) in [4.78, 5) is 22.5. The molecule has 8 nitrogen and oxygen atoms in total. The molecule has 0 aliphatic heterocycles. The predicted molar refractivity (Wildman–Crippen MR) is 78.5 cm³/mol. The van der Waals surface area contributed by atoms with Crippen molar-refractivity contribution in [3.8, 4) is 0 Å². The number of carbonyl (C=O) groups excluding carboxylic acids is 1. The Labute approximate surface area is 125 Å². The Bertz CT molecular complexity index is 734. The molecule has 1 heterocycles. The third-order valence-electron chi connectivity index (χ3n) is 4.08. The fourth-order valence-corrected chi connectivity index (χ4v) is 2.83. The third-order valence-corrected chi connectivity index (χ3v) is 4.08. The third kappa shape index (κ3) is 2.64. The van der Waals surface area contributed by atoms with Crippen LogP contribution in [0, 0.1) is 10.1 Å². The molecule has 3 N–H and O–H groups in total. The van der Waals surface area contributed by atoms with E-state index in [2.05, 4.69) is 15.5 Å². The molecule has 22 heavy (non-hydrogen) atoms. The number of nitro groups is 1. The number of aromatic nitrogens is 2. The average Bonchev–Trinajstić information content (AvgIpc) is 3.11. The number of hydrogen-bond acceptors (Lipinski definition) is 5. The lowest BCUT2D eigenvalue weighted by Crippen LogP contribution is -2.40. The van der Waals surface area contributed by atoms with Gasteiger partial charge in [-0.3, -0.25) is 20.0 Å². The molecule has 1 aromatic carbocycles. The van der Waals surface area contributed by atoms with Crippen molar-refractivity contribution in [2.75, 3.05) is 6.54 Å². The van der Waals surface area contributed by atoms with Gasteiger partial charge in [-0.25, -0.2) is 0 Å². The lowest BCUT2D eigenvalue weighted by molar-refractivity contribution is -0.384. The number of H-pyrrole nitrogens is 1. The van der Waals surface area contributed by atoms with Crippen LogP contribution in [0.1, 0.15) is 36.2 Å². The molecule has 0 spiro atoms. The molecule has 8 heteroatoms. The summed E-state index contributed by atoms with van der Waals surface area (Å²) in [5, 5.41) is 30.7. The highest BCUT2D eigenvalue weighted by molar-refractivity contribution is 6.05. The summed E-state index contributed by atoms with van der Waals surface area (Å²) in [6.07, 6.45) is 3.23. The number of benzene rings is 1. The fourth-order valence-electron chi connectivity index (χ4n) is 2.83. The quantitative estimate of drug-likeness (QED) is 0.584. The van der Waals surface area contributed by atoms with Crippen LogP contribution >= 0.6 is 0 Å². The standard InChI is InChI=1S/C14H16N4O4/c19-13(15-8-14(20)5-1-2-6-14)12-10-7-9(18(21)22)3-4-11(10)16-17-12/h3-4,7,20H,1-2,5-6,8H2,(H,15,19)(H,16,17). The van der Waals surface area contributed by atoms with Gasteiger partial charge in [-0.15, -0.1) is 0 Å². The minimum atomic E-state index is -0.853. The first-order chi connectivity index (χ1) is 10.5. The van der Waals surface area contributed by atoms with E-state index < -0.39 is 16.4 Å². The molecule has 0 saturated heterocycles. The second-order valence-electron chi connectivity index (χ2n) is 5.67. The number of fused-ring (bicyclic) bond motifs is 1. The molecule has 1 fully saturated rings. The average molecular weight is 304 g/mol. The molecule has 1 aliphatic rings. The van der Waals surface area contributed by atoms with Gasteiger partial charge >= 0.3 is 0 Å². The van der Waals surface area contributed by atoms with Crippen molar-refractivity contribution in [1.29, 1.82) is 0 Å². The van der Waals surface area contributed by atoms with Crippen LogP contribution < -0.4 is 5.32 Å². The van der Waals surface area contributed by atoms with E-state index in [0.29, 0.717) is 23.7 Å². The Morgan fingerprint density at radius 1 is 1.45 bits per heavy atom. The van der Waals surface area contributed by atoms with Crippen LogP contribution in [0.15, 0.2) is 18.2 Å². The molecule has 0 unspecified atom stereocenters. The summed E-state index contributed by atoms with van der Waals surface area (Å²) in [7, 11) is 0. The van der Waals surface area contributed by atoms with Gasteiger partial charge in [-0.05, 0) is 18.9 Å². The first kappa shape index (κ1) is 14.5. The molecule has 116 valence electrons. The summed E-state index contributed by atoms with van der Waals surface area (Å²) in [6, 6.07) is 4.18. The van der Waals surface area contributed by atoms with Gasteiger partial charge in [-0.1, -0.05) is 12.8 Å². The van der Waals surface area contributed by atoms with Crippen LogP contribution in [-0.4, -0.2) is 38.3 Å². The van der Waals surface area contributed by atoms with Gasteiger partial charge in [-0.2, -0.15) is 5.10 Å². The summed E-state index contributed by atoms with van der Waals surface area (Å²) < 4.78 is 0. The molecule has 1 amide bonds. The SMILES string of the molecule is O=C(NCC1(O)CCCC1)c1n[nH]c2ccc([N+](=O)[O-])cc12. The minimum absolute atomic E-state index is 0.0975. The van der Waals surface area contributed by atoms with Crippen molar-refractivity contribution in [3.63, 3.8) is 0 Å². The first-order valence-electron chi connectivity index (χ1n) is 7.12. The van der Waals surface area contributed by atoms with E-state index in [-0.39, 0.29) is 17.9 Å². The van der Waals surface area contributed by atoms with Gasteiger partial charge in [0.2, 0.25) is 0 Å². The number of rotatable bonds is 4. The van der Waals surface area contributed by atoms with Crippen molar-refractivity contribution >= 4 is 22.5 Å². The molecule has 1 saturated carbocycles. The van der Waals surface area contributed by atoms with Gasteiger partial charge in [0.15, 0.2) is 5.69 Å². The van der Waals surface area contributed by atoms with Gasteiger partial charge in [0.25, 0.3) is 11.6 Å². The van der Waals surface area contributed by atoms with Crippen LogP contribution in [0.25, 0.3) is 10.9 Å². The van der Waals surface area contributed by atoms with Crippen molar-refractivity contribution in [2.45, 2.75) is 31.3 Å². The van der Waals surface area contributed by atoms with Crippen molar-refractivity contribution in [2.24, 2.45) is 0 Å². The monoisotopic (exact) mass is 304 g/mol. The number of nitrogens with one attached hydrogen (secondary N) is 2. The number of aliphatic hydroxyl groups is 1. The molecular formula is C14H16N4O4. The molecular weight excluding hydrogens is 288 g/mol. The molecule has 0 atom stereocenters. The van der Waals surface area contributed by atoms with E-state index >= 15 is 0 Å². The van der Waals surface area contributed by atoms with Gasteiger partial charge in [0.05, 0.1) is 16.0 Å². The highest BCUT2D eigenvalue weighted by Crippen LogP contribution is 2.29. The Morgan fingerprint density at radius 2 is 2.18 bits per heavy atom. The van der Waals surface area contributed by atoms with E-state index in [9.17, 15) is 20.0 Å². The van der Waals surface area contributed by atoms with Gasteiger partial charge in [0.1, 0.15) is 0 Å². The van der Waals surface area contributed by atoms with Crippen LogP contribution in [0.5, 0.6) is 0 Å². The molecule has 1 aliphatic carbocycles. The van der Waals surface area contributed by atoms with E-state index in [1.54, 1.807) is 0 Å². The second-order valence-corrected chi connectivity index (χ2v) is 5.67. The molecule has 1 aromatic heterocycles. The number of nitro benzene ring substituents is 1. The number of nitrogens with zero attached hydrogens (tertiary/aromatic N) is 2. The molecule has 0 bridgehead atoms. The maximum atomic E-state index is 12.2. The van der Waals surface area contributed by atoms with Crippen LogP contribution in [0.3, 0.4) is 0 Å². The predicted octanol–water partition coefficient (Wildman–Crippen LogP) is 1.51. The van der Waals surface area contributed by atoms with Crippen molar-refractivity contribution in [1.82, 2.24) is 15.5 Å². The zero-order valence-corrected chi connectivity index (χ0v) is 11.8. The number of aromatic amines is 1. The van der Waals surface area contributed by atoms with Crippen molar-refractivity contribution < 1.29 is 14.8 Å². The Balaban J connectivity index is 1.81. The zero-order valence-electron chi connectivity index (χ0n) is 11.8. The van der Waals surface area contributed by atoms with Gasteiger partial charge < -0.3 is 10.4 Å². The van der Waals surface area contributed by atoms with E-state index in [1.807, 2.05) is 0 Å². The topological polar surface area (TPSA) is 121 Å². The Morgan fingerprint density at radius 3 is 2.86 bits per heavy atom. The maximum absolute atomic E-state index is 12.2. The van der Waals surface area contributed by atoms with E-state index in [4.69, 9.17) is 0 Å². The van der Waals surface area contributed by atoms with Crippen LogP contribution in [-0.2, 0) is 0 Å². The lowest BCUT2D eigenvalue weighted by Gasteiger charge is -2.21. The second kappa shape index (κ2) is 5.38. The van der Waals surface area contributed by atoms with E-state index in [0.717, 1.165) is 12.8 Å². The maximum Gasteiger partial charge on any atom is 0.272 e. The summed E-state index contributed by atoms with van der Waals surface area (Å²) in [6.45, 7) is 0.162. The number of amides is 1. The lowest BCUT2D eigenvalue weighted by atomic mass is 10.0. The van der Waals surface area contributed by atoms with Gasteiger partial charge in [0, 0.05) is 24.1 Å². The number of hydrogen-bond donors (Lipinski definition) is 3. The number of non-ortho nitro benzene ring substituents is 1. The Hall–Kier alpha value is -2.48. The minimum Gasteiger partial charge on any atom is -0.388 e. The highest BCUT2D eigenvalue weighted by Gasteiger charge is 2.31. The molecule has 3 rings (SSSR count). The van der Waals surface area contributed by atoms with E-state index in [1.165, 1.54) is 18.2 Å². The summed E-state index contributed by atoms with van der Waals surface area (Å²) in [5.74, 6) is -0.452. The Kier molecular flexibility index (Phi) is 3.53. The first-order valence-corrected chi connectivity index (χ1v) is 7.12. The van der Waals surface area contributed by atoms with Crippen LogP contribution in [0.4, 0.5) is 5.69 Å². The number of carbonyl (C=O) groups is 1. The van der Waals surface area contributed by atoms with Crippen LogP contribution in [0.2, 0.25) is 0 Å². The summed E-state index contributed by atoms with van der Waals surface area (Å²) in [5.41, 5.74) is -0.304. The fraction of sp³-hybridized carbons (Fsp3) is 0.429. The summed E-state index contributed by atoms with van der Waals surface area (Å²) >= 11 is 0. The normalized spacial score (nSPS) is 16.8. The molecule has 2 aromatic rings. The molecule has 0 radical (unpaired) electrons. The largest absolute Gasteiger partial charge is 0.388 e. The smallest absolute Gasteiger partial charge is 0.272 e.